The van der Waals surface area contributed by atoms with Crippen molar-refractivity contribution in [3.8, 4) is 16.9 Å². The van der Waals surface area contributed by atoms with E-state index in [4.69, 9.17) is 4.74 Å². The molecular weight excluding hydrogens is 639 g/mol. The molecule has 0 bridgehead atoms. The van der Waals surface area contributed by atoms with E-state index in [2.05, 4.69) is 20.3 Å². The summed E-state index contributed by atoms with van der Waals surface area (Å²) >= 11 is 0. The van der Waals surface area contributed by atoms with Gasteiger partial charge >= 0.3 is 0 Å². The number of likely N-dealkylation sites (N-methyl/N-ethyl adjacent to an activating group) is 1. The van der Waals surface area contributed by atoms with Crippen molar-refractivity contribution in [2.24, 2.45) is 0 Å². The molecular formula is C38H39N5O5S. The molecule has 5 aromatic rings. The van der Waals surface area contributed by atoms with Crippen LogP contribution in [0.5, 0.6) is 5.75 Å². The molecule has 0 saturated heterocycles. The van der Waals surface area contributed by atoms with Crippen molar-refractivity contribution in [2.75, 3.05) is 43.8 Å². The Labute approximate surface area is 287 Å². The summed E-state index contributed by atoms with van der Waals surface area (Å²) in [5.74, 6) is -0.134. The fourth-order valence-corrected chi connectivity index (χ4v) is 6.47. The second-order valence-electron chi connectivity index (χ2n) is 11.5. The number of sulfonamides is 1. The predicted molar refractivity (Wildman–Crippen MR) is 193 cm³/mol. The lowest BCUT2D eigenvalue weighted by Gasteiger charge is -2.18. The number of benzene rings is 4. The van der Waals surface area contributed by atoms with Gasteiger partial charge in [-0.2, -0.15) is 0 Å². The molecule has 0 unspecified atom stereocenters. The molecule has 0 spiro atoms. The molecule has 0 aliphatic carbocycles. The van der Waals surface area contributed by atoms with Crippen LogP contribution in [0.4, 0.5) is 11.4 Å². The Kier molecular flexibility index (Phi) is 11.3. The molecule has 10 nitrogen and oxygen atoms in total. The molecule has 1 aromatic heterocycles. The van der Waals surface area contributed by atoms with Crippen LogP contribution in [-0.2, 0) is 16.4 Å². The van der Waals surface area contributed by atoms with Crippen LogP contribution in [0.2, 0.25) is 0 Å². The summed E-state index contributed by atoms with van der Waals surface area (Å²) in [7, 11) is -0.929. The topological polar surface area (TPSA) is 130 Å². The van der Waals surface area contributed by atoms with E-state index in [1.807, 2.05) is 55.5 Å². The molecule has 1 heterocycles. The third-order valence-corrected chi connectivity index (χ3v) is 9.21. The molecule has 2 amide bonds. The molecule has 4 aromatic carbocycles. The maximum atomic E-state index is 13.7. The second kappa shape index (κ2) is 15.9. The second-order valence-corrected chi connectivity index (χ2v) is 13.1. The highest BCUT2D eigenvalue weighted by Gasteiger charge is 2.22. The first-order valence-electron chi connectivity index (χ1n) is 15.8. The Morgan fingerprint density at radius 3 is 2.33 bits per heavy atom. The summed E-state index contributed by atoms with van der Waals surface area (Å²) in [6.07, 6.45) is 2.36. The smallest absolute Gasteiger partial charge is 0.265 e. The van der Waals surface area contributed by atoms with Crippen molar-refractivity contribution in [1.82, 2.24) is 15.2 Å². The molecule has 11 heteroatoms. The summed E-state index contributed by atoms with van der Waals surface area (Å²) in [6.45, 7) is 3.24. The Morgan fingerprint density at radius 1 is 0.796 bits per heavy atom. The Bertz CT molecular complexity index is 2040. The third kappa shape index (κ3) is 9.23. The summed E-state index contributed by atoms with van der Waals surface area (Å²) in [4.78, 5) is 31.6. The van der Waals surface area contributed by atoms with Gasteiger partial charge in [-0.05, 0) is 84.8 Å². The minimum absolute atomic E-state index is 0.0473. The Morgan fingerprint density at radius 2 is 1.55 bits per heavy atom. The maximum absolute atomic E-state index is 13.7. The average Bonchev–Trinajstić information content (AvgIpc) is 3.12. The van der Waals surface area contributed by atoms with Crippen molar-refractivity contribution < 1.29 is 22.7 Å². The van der Waals surface area contributed by atoms with E-state index in [1.165, 1.54) is 13.2 Å². The summed E-state index contributed by atoms with van der Waals surface area (Å²) in [6, 6.07) is 31.9. The first-order valence-corrected chi connectivity index (χ1v) is 17.3. The van der Waals surface area contributed by atoms with Crippen molar-refractivity contribution in [3.63, 3.8) is 0 Å². The molecule has 0 aliphatic heterocycles. The maximum Gasteiger partial charge on any atom is 0.265 e. The highest BCUT2D eigenvalue weighted by molar-refractivity contribution is 7.92. The van der Waals surface area contributed by atoms with E-state index < -0.39 is 10.0 Å². The first-order chi connectivity index (χ1) is 23.6. The molecule has 49 heavy (non-hydrogen) atoms. The van der Waals surface area contributed by atoms with E-state index >= 15 is 0 Å². The largest absolute Gasteiger partial charge is 0.495 e. The number of aromatic nitrogens is 1. The quantitative estimate of drug-likeness (QED) is 0.123. The minimum Gasteiger partial charge on any atom is -0.495 e. The van der Waals surface area contributed by atoms with Crippen LogP contribution in [0.25, 0.3) is 11.1 Å². The summed E-state index contributed by atoms with van der Waals surface area (Å²) < 4.78 is 35.5. The van der Waals surface area contributed by atoms with E-state index in [0.717, 1.165) is 11.3 Å². The zero-order chi connectivity index (χ0) is 34.8. The van der Waals surface area contributed by atoms with Crippen molar-refractivity contribution in [2.45, 2.75) is 18.2 Å². The number of rotatable bonds is 14. The molecule has 5 rings (SSSR count). The number of anilines is 2. The van der Waals surface area contributed by atoms with E-state index in [9.17, 15) is 18.0 Å². The molecule has 0 atom stereocenters. The van der Waals surface area contributed by atoms with Gasteiger partial charge in [0.25, 0.3) is 21.8 Å². The number of carbonyl (C=O) groups excluding carboxylic acids is 2. The zero-order valence-electron chi connectivity index (χ0n) is 27.6. The number of carbonyl (C=O) groups is 2. The van der Waals surface area contributed by atoms with E-state index in [1.54, 1.807) is 72.7 Å². The van der Waals surface area contributed by atoms with Gasteiger partial charge in [-0.1, -0.05) is 48.0 Å². The lowest BCUT2D eigenvalue weighted by atomic mass is 10.0. The number of ether oxygens (including phenoxy) is 1. The highest BCUT2D eigenvalue weighted by atomic mass is 32.2. The van der Waals surface area contributed by atoms with Crippen LogP contribution in [-0.4, -0.2) is 63.9 Å². The van der Waals surface area contributed by atoms with Gasteiger partial charge in [0.05, 0.1) is 12.8 Å². The molecule has 3 N–H and O–H groups in total. The summed E-state index contributed by atoms with van der Waals surface area (Å²) in [5, 5.41) is 6.09. The van der Waals surface area contributed by atoms with Gasteiger partial charge in [-0.15, -0.1) is 0 Å². The van der Waals surface area contributed by atoms with Gasteiger partial charge in [0.2, 0.25) is 0 Å². The normalized spacial score (nSPS) is 11.0. The average molecular weight is 678 g/mol. The Balaban J connectivity index is 1.25. The first kappa shape index (κ1) is 34.6. The number of hydrogen-bond acceptors (Lipinski definition) is 7. The van der Waals surface area contributed by atoms with Gasteiger partial charge in [0.1, 0.15) is 10.6 Å². The number of pyridine rings is 1. The van der Waals surface area contributed by atoms with Gasteiger partial charge < -0.3 is 20.3 Å². The predicted octanol–water partition coefficient (Wildman–Crippen LogP) is 6.02. The van der Waals surface area contributed by atoms with Gasteiger partial charge in [-0.25, -0.2) is 8.42 Å². The fourth-order valence-electron chi connectivity index (χ4n) is 5.22. The molecule has 0 fully saturated rings. The number of methoxy groups -OCH3 is 1. The van der Waals surface area contributed by atoms with Gasteiger partial charge in [0.15, 0.2) is 0 Å². The van der Waals surface area contributed by atoms with E-state index in [-0.39, 0.29) is 22.5 Å². The zero-order valence-corrected chi connectivity index (χ0v) is 28.5. The van der Waals surface area contributed by atoms with Crippen LogP contribution in [0.15, 0.2) is 120 Å². The third-order valence-electron chi connectivity index (χ3n) is 7.81. The monoisotopic (exact) mass is 677 g/mol. The number of amides is 2. The molecule has 0 radical (unpaired) electrons. The molecule has 0 aliphatic rings. The van der Waals surface area contributed by atoms with Crippen LogP contribution in [0.3, 0.4) is 0 Å². The summed E-state index contributed by atoms with van der Waals surface area (Å²) in [5.41, 5.74) is 5.31. The van der Waals surface area contributed by atoms with Crippen LogP contribution >= 0.6 is 0 Å². The van der Waals surface area contributed by atoms with Crippen molar-refractivity contribution in [3.05, 3.63) is 138 Å². The number of nitrogens with one attached hydrogen (secondary N) is 3. The SMILES string of the molecule is COc1ccc(-c2cccc(C(=O)N(C)CCc3ccccn3)c2)cc1S(=O)(=O)Nc1cccc(NCCNC(=O)c2cccc(C)c2)c1. The van der Waals surface area contributed by atoms with Gasteiger partial charge in [-0.3, -0.25) is 19.3 Å². The number of hydrogen-bond donors (Lipinski definition) is 3. The van der Waals surface area contributed by atoms with Crippen molar-refractivity contribution >= 4 is 33.2 Å². The van der Waals surface area contributed by atoms with E-state index in [0.29, 0.717) is 59.7 Å². The minimum atomic E-state index is -4.09. The van der Waals surface area contributed by atoms with Gasteiger partial charge in [0, 0.05) is 61.8 Å². The fraction of sp³-hybridized carbons (Fsp3) is 0.184. The van der Waals surface area contributed by atoms with Crippen LogP contribution in [0, 0.1) is 6.92 Å². The lowest BCUT2D eigenvalue weighted by Crippen LogP contribution is -2.29. The van der Waals surface area contributed by atoms with Crippen molar-refractivity contribution in [1.29, 1.82) is 0 Å². The molecule has 0 saturated carbocycles. The van der Waals surface area contributed by atoms with Crippen LogP contribution < -0.4 is 20.1 Å². The highest BCUT2D eigenvalue weighted by Crippen LogP contribution is 2.32. The van der Waals surface area contributed by atoms with Crippen LogP contribution in [0.1, 0.15) is 32.0 Å². The standard InChI is InChI=1S/C38H39N5O5S/c1-27-9-6-11-30(23-27)37(44)41-21-20-40-33-14-8-15-34(26-33)42-49(46,47)36-25-29(16-17-35(36)48-3)28-10-7-12-31(24-28)38(45)43(2)22-18-32-13-4-5-19-39-32/h4-17,19,23-26,40,42H,18,20-22H2,1-3H3,(H,41,44). The lowest BCUT2D eigenvalue weighted by molar-refractivity contribution is 0.0796. The number of nitrogens with zero attached hydrogens (tertiary/aromatic N) is 2. The molecule has 252 valence electrons. The Hall–Kier alpha value is -5.68. The number of aryl methyl sites for hydroxylation is 1.